The molecular formula is C17H10ClF3N2OS. The highest BCUT2D eigenvalue weighted by atomic mass is 35.5. The number of rotatable bonds is 3. The van der Waals surface area contributed by atoms with Crippen molar-refractivity contribution in [2.24, 2.45) is 5.10 Å². The summed E-state index contributed by atoms with van der Waals surface area (Å²) in [6, 6.07) is 11.8. The number of amides is 1. The molecule has 0 aliphatic carbocycles. The maximum atomic E-state index is 12.5. The molecule has 8 heteroatoms. The van der Waals surface area contributed by atoms with E-state index in [1.165, 1.54) is 29.7 Å². The van der Waals surface area contributed by atoms with Gasteiger partial charge in [-0.25, -0.2) is 5.43 Å². The first kappa shape index (κ1) is 17.4. The van der Waals surface area contributed by atoms with E-state index < -0.39 is 17.6 Å². The number of halogens is 4. The lowest BCUT2D eigenvalue weighted by molar-refractivity contribution is -0.137. The monoisotopic (exact) mass is 382 g/mol. The number of carbonyl (C=O) groups is 1. The molecule has 1 amide bonds. The van der Waals surface area contributed by atoms with Crippen molar-refractivity contribution in [1.82, 2.24) is 5.43 Å². The van der Waals surface area contributed by atoms with Crippen molar-refractivity contribution in [2.75, 3.05) is 0 Å². The van der Waals surface area contributed by atoms with E-state index in [2.05, 4.69) is 10.5 Å². The van der Waals surface area contributed by atoms with E-state index >= 15 is 0 Å². The third kappa shape index (κ3) is 3.83. The van der Waals surface area contributed by atoms with Crippen molar-refractivity contribution in [3.05, 3.63) is 69.6 Å². The zero-order chi connectivity index (χ0) is 18.0. The van der Waals surface area contributed by atoms with Crippen LogP contribution in [0.2, 0.25) is 5.02 Å². The van der Waals surface area contributed by atoms with E-state index in [0.29, 0.717) is 15.5 Å². The Bertz CT molecular complexity index is 949. The number of thiophene rings is 1. The summed E-state index contributed by atoms with van der Waals surface area (Å²) in [6.45, 7) is 0. The number of fused-ring (bicyclic) bond motifs is 1. The van der Waals surface area contributed by atoms with Gasteiger partial charge in [0.2, 0.25) is 0 Å². The number of hydrazone groups is 1. The minimum Gasteiger partial charge on any atom is -0.266 e. The van der Waals surface area contributed by atoms with E-state index in [9.17, 15) is 18.0 Å². The quantitative estimate of drug-likeness (QED) is 0.482. The normalized spacial score (nSPS) is 12.0. The Hall–Kier alpha value is -2.38. The van der Waals surface area contributed by atoms with Gasteiger partial charge in [-0.2, -0.15) is 18.3 Å². The van der Waals surface area contributed by atoms with Gasteiger partial charge in [0.05, 0.1) is 16.8 Å². The molecule has 3 nitrogen and oxygen atoms in total. The fourth-order valence-corrected chi connectivity index (χ4v) is 3.54. The summed E-state index contributed by atoms with van der Waals surface area (Å²) in [5.74, 6) is -0.477. The first-order chi connectivity index (χ1) is 11.9. The van der Waals surface area contributed by atoms with Gasteiger partial charge in [-0.3, -0.25) is 4.79 Å². The third-order valence-electron chi connectivity index (χ3n) is 3.36. The maximum absolute atomic E-state index is 12.5. The summed E-state index contributed by atoms with van der Waals surface area (Å²) in [5, 5.41) is 4.90. The second-order valence-corrected chi connectivity index (χ2v) is 6.49. The Morgan fingerprint density at radius 1 is 1.12 bits per heavy atom. The Morgan fingerprint density at radius 3 is 2.44 bits per heavy atom. The van der Waals surface area contributed by atoms with Gasteiger partial charge in [-0.15, -0.1) is 11.3 Å². The van der Waals surface area contributed by atoms with Gasteiger partial charge in [-0.1, -0.05) is 41.9 Å². The van der Waals surface area contributed by atoms with Crippen LogP contribution < -0.4 is 5.43 Å². The lowest BCUT2D eigenvalue weighted by atomic mass is 10.1. The van der Waals surface area contributed by atoms with Crippen LogP contribution in [-0.4, -0.2) is 12.1 Å². The van der Waals surface area contributed by atoms with Crippen LogP contribution in [-0.2, 0) is 6.18 Å². The number of carbonyl (C=O) groups excluding carboxylic acids is 1. The van der Waals surface area contributed by atoms with Crippen LogP contribution >= 0.6 is 22.9 Å². The van der Waals surface area contributed by atoms with Gasteiger partial charge >= 0.3 is 6.18 Å². The average Bonchev–Trinajstić information content (AvgIpc) is 2.92. The van der Waals surface area contributed by atoms with E-state index in [4.69, 9.17) is 11.6 Å². The van der Waals surface area contributed by atoms with Crippen LogP contribution in [0.15, 0.2) is 53.6 Å². The third-order valence-corrected chi connectivity index (χ3v) is 5.03. The number of nitrogens with one attached hydrogen (secondary N) is 1. The Labute approximate surface area is 149 Å². The van der Waals surface area contributed by atoms with Gasteiger partial charge in [-0.05, 0) is 23.8 Å². The zero-order valence-corrected chi connectivity index (χ0v) is 14.0. The standard InChI is InChI=1S/C17H10ClF3N2OS/c18-14-12-3-1-2-4-13(12)25-15(14)16(24)23-22-9-10-5-7-11(8-6-10)17(19,20)21/h1-9H,(H,23,24). The second kappa shape index (κ2) is 6.85. The van der Waals surface area contributed by atoms with Gasteiger partial charge in [0.15, 0.2) is 0 Å². The molecule has 0 atom stereocenters. The molecule has 0 aliphatic heterocycles. The van der Waals surface area contributed by atoms with E-state index in [1.807, 2.05) is 24.3 Å². The Kier molecular flexibility index (Phi) is 4.78. The van der Waals surface area contributed by atoms with Crippen LogP contribution in [0.25, 0.3) is 10.1 Å². The summed E-state index contributed by atoms with van der Waals surface area (Å²) < 4.78 is 38.3. The SMILES string of the molecule is O=C(NN=Cc1ccc(C(F)(F)F)cc1)c1sc2ccccc2c1Cl. The number of alkyl halides is 3. The largest absolute Gasteiger partial charge is 0.416 e. The summed E-state index contributed by atoms with van der Waals surface area (Å²) in [4.78, 5) is 12.5. The highest BCUT2D eigenvalue weighted by Gasteiger charge is 2.29. The smallest absolute Gasteiger partial charge is 0.266 e. The van der Waals surface area contributed by atoms with Crippen LogP contribution in [0.1, 0.15) is 20.8 Å². The van der Waals surface area contributed by atoms with Gasteiger partial charge in [0.25, 0.3) is 5.91 Å². The van der Waals surface area contributed by atoms with Gasteiger partial charge in [0.1, 0.15) is 4.88 Å². The number of hydrogen-bond acceptors (Lipinski definition) is 3. The molecule has 1 heterocycles. The molecule has 2 aromatic carbocycles. The van der Waals surface area contributed by atoms with E-state index in [0.717, 1.165) is 22.2 Å². The molecule has 3 aromatic rings. The van der Waals surface area contributed by atoms with E-state index in [-0.39, 0.29) is 0 Å². The van der Waals surface area contributed by atoms with Gasteiger partial charge < -0.3 is 0 Å². The molecule has 128 valence electrons. The Balaban J connectivity index is 1.71. The van der Waals surface area contributed by atoms with Crippen LogP contribution in [0, 0.1) is 0 Å². The van der Waals surface area contributed by atoms with Gasteiger partial charge in [0, 0.05) is 10.1 Å². The minimum atomic E-state index is -4.39. The first-order valence-electron chi connectivity index (χ1n) is 7.04. The van der Waals surface area contributed by atoms with Crippen molar-refractivity contribution in [1.29, 1.82) is 0 Å². The van der Waals surface area contributed by atoms with Crippen LogP contribution in [0.4, 0.5) is 13.2 Å². The second-order valence-electron chi connectivity index (χ2n) is 5.06. The molecule has 0 unspecified atom stereocenters. The molecule has 1 aromatic heterocycles. The molecule has 0 bridgehead atoms. The molecule has 0 fully saturated rings. The lowest BCUT2D eigenvalue weighted by Crippen LogP contribution is -2.16. The number of nitrogens with zero attached hydrogens (tertiary/aromatic N) is 1. The van der Waals surface area contributed by atoms with E-state index in [1.54, 1.807) is 0 Å². The molecule has 0 saturated carbocycles. The molecule has 0 aliphatic rings. The minimum absolute atomic E-state index is 0.326. The summed E-state index contributed by atoms with van der Waals surface area (Å²) in [7, 11) is 0. The fourth-order valence-electron chi connectivity index (χ4n) is 2.13. The molecule has 0 saturated heterocycles. The average molecular weight is 383 g/mol. The molecular weight excluding hydrogens is 373 g/mol. The van der Waals surface area contributed by atoms with Crippen molar-refractivity contribution in [2.45, 2.75) is 6.18 Å². The summed E-state index contributed by atoms with van der Waals surface area (Å²) >= 11 is 7.44. The maximum Gasteiger partial charge on any atom is 0.416 e. The molecule has 1 N–H and O–H groups in total. The number of benzene rings is 2. The molecule has 0 radical (unpaired) electrons. The first-order valence-corrected chi connectivity index (χ1v) is 8.23. The van der Waals surface area contributed by atoms with Crippen molar-refractivity contribution in [3.8, 4) is 0 Å². The van der Waals surface area contributed by atoms with Crippen molar-refractivity contribution in [3.63, 3.8) is 0 Å². The topological polar surface area (TPSA) is 41.5 Å². The van der Waals surface area contributed by atoms with Crippen LogP contribution in [0.3, 0.4) is 0 Å². The molecule has 0 spiro atoms. The highest BCUT2D eigenvalue weighted by molar-refractivity contribution is 7.21. The lowest BCUT2D eigenvalue weighted by Gasteiger charge is -2.05. The summed E-state index contributed by atoms with van der Waals surface area (Å²) in [6.07, 6.45) is -3.12. The highest BCUT2D eigenvalue weighted by Crippen LogP contribution is 2.35. The fraction of sp³-hybridized carbons (Fsp3) is 0.0588. The van der Waals surface area contributed by atoms with Crippen LogP contribution in [0.5, 0.6) is 0 Å². The zero-order valence-electron chi connectivity index (χ0n) is 12.5. The van der Waals surface area contributed by atoms with Crippen molar-refractivity contribution < 1.29 is 18.0 Å². The Morgan fingerprint density at radius 2 is 1.80 bits per heavy atom. The predicted molar refractivity (Wildman–Crippen MR) is 93.3 cm³/mol. The molecule has 3 rings (SSSR count). The predicted octanol–water partition coefficient (Wildman–Crippen LogP) is 5.34. The number of hydrogen-bond donors (Lipinski definition) is 1. The molecule has 25 heavy (non-hydrogen) atoms. The van der Waals surface area contributed by atoms with Crippen molar-refractivity contribution >= 4 is 45.1 Å². The summed E-state index contributed by atoms with van der Waals surface area (Å²) in [5.41, 5.74) is 2.01.